The smallest absolute Gasteiger partial charge is 0.253 e. The van der Waals surface area contributed by atoms with Gasteiger partial charge in [0.25, 0.3) is 5.91 Å². The third-order valence-corrected chi connectivity index (χ3v) is 6.87. The van der Waals surface area contributed by atoms with Crippen molar-refractivity contribution < 1.29 is 4.79 Å². The van der Waals surface area contributed by atoms with Crippen LogP contribution < -0.4 is 4.90 Å². The van der Waals surface area contributed by atoms with Crippen LogP contribution in [0, 0.1) is 13.8 Å². The first-order valence-electron chi connectivity index (χ1n) is 12.4. The minimum Gasteiger partial charge on any atom is -0.353 e. The summed E-state index contributed by atoms with van der Waals surface area (Å²) in [5.74, 6) is 2.17. The van der Waals surface area contributed by atoms with Gasteiger partial charge in [0.15, 0.2) is 5.82 Å². The summed E-state index contributed by atoms with van der Waals surface area (Å²) in [5, 5.41) is 2.25. The van der Waals surface area contributed by atoms with Crippen molar-refractivity contribution >= 4 is 22.5 Å². The molecule has 0 saturated carbocycles. The van der Waals surface area contributed by atoms with Crippen molar-refractivity contribution in [3.05, 3.63) is 89.1 Å². The molecule has 1 saturated heterocycles. The first-order valence-corrected chi connectivity index (χ1v) is 12.4. The van der Waals surface area contributed by atoms with Gasteiger partial charge >= 0.3 is 0 Å². The predicted octanol–water partition coefficient (Wildman–Crippen LogP) is 6.00. The van der Waals surface area contributed by atoms with Crippen molar-refractivity contribution in [1.29, 1.82) is 0 Å². The molecule has 0 spiro atoms. The lowest BCUT2D eigenvalue weighted by Crippen LogP contribution is -2.49. The van der Waals surface area contributed by atoms with E-state index in [1.165, 1.54) is 11.1 Å². The van der Waals surface area contributed by atoms with Gasteiger partial charge in [0, 0.05) is 48.6 Å². The summed E-state index contributed by atoms with van der Waals surface area (Å²) in [5.41, 5.74) is 5.21. The number of piperazine rings is 1. The number of nitrogens with zero attached hydrogens (tertiary/aromatic N) is 4. The second-order valence-corrected chi connectivity index (χ2v) is 9.73. The number of aryl methyl sites for hydroxylation is 2. The van der Waals surface area contributed by atoms with E-state index < -0.39 is 0 Å². The van der Waals surface area contributed by atoms with Gasteiger partial charge in [0.2, 0.25) is 0 Å². The number of fused-ring (bicyclic) bond motifs is 1. The van der Waals surface area contributed by atoms with Crippen LogP contribution >= 0.6 is 0 Å². The zero-order chi connectivity index (χ0) is 24.5. The Hall–Kier alpha value is -3.73. The monoisotopic (exact) mass is 464 g/mol. The number of hydrogen-bond donors (Lipinski definition) is 0. The SMILES string of the molecule is Cc1ccc(-c2nc(C)c(C(C)C)c(N3CCN(C(=O)c4ccc5ccccc5c4)CC3)n2)cc1. The third kappa shape index (κ3) is 4.63. The van der Waals surface area contributed by atoms with E-state index in [0.29, 0.717) is 19.0 Å². The fourth-order valence-corrected chi connectivity index (χ4v) is 4.94. The van der Waals surface area contributed by atoms with Crippen molar-refractivity contribution in [3.8, 4) is 11.4 Å². The quantitative estimate of drug-likeness (QED) is 0.372. The first-order chi connectivity index (χ1) is 16.9. The Labute approximate surface area is 207 Å². The van der Waals surface area contributed by atoms with Crippen LogP contribution in [0.2, 0.25) is 0 Å². The molecule has 1 amide bonds. The van der Waals surface area contributed by atoms with E-state index in [-0.39, 0.29) is 5.91 Å². The maximum Gasteiger partial charge on any atom is 0.253 e. The molecule has 1 aromatic heterocycles. The number of hydrogen-bond acceptors (Lipinski definition) is 4. The van der Waals surface area contributed by atoms with Gasteiger partial charge in [-0.2, -0.15) is 0 Å². The van der Waals surface area contributed by atoms with E-state index in [4.69, 9.17) is 9.97 Å². The van der Waals surface area contributed by atoms with E-state index in [1.807, 2.05) is 35.2 Å². The van der Waals surface area contributed by atoms with Crippen molar-refractivity contribution in [1.82, 2.24) is 14.9 Å². The molecule has 0 bridgehead atoms. The zero-order valence-electron chi connectivity index (χ0n) is 21.0. The van der Waals surface area contributed by atoms with Gasteiger partial charge in [-0.1, -0.05) is 74.0 Å². The molecule has 5 heteroatoms. The second-order valence-electron chi connectivity index (χ2n) is 9.73. The minimum absolute atomic E-state index is 0.0960. The van der Waals surface area contributed by atoms with Gasteiger partial charge in [0.05, 0.1) is 0 Å². The van der Waals surface area contributed by atoms with Crippen LogP contribution in [0.1, 0.15) is 46.9 Å². The summed E-state index contributed by atoms with van der Waals surface area (Å²) < 4.78 is 0. The van der Waals surface area contributed by atoms with Gasteiger partial charge in [-0.15, -0.1) is 0 Å². The molecule has 1 aliphatic heterocycles. The third-order valence-electron chi connectivity index (χ3n) is 6.87. The average Bonchev–Trinajstić information content (AvgIpc) is 2.87. The molecule has 1 aliphatic rings. The van der Waals surface area contributed by atoms with Crippen molar-refractivity contribution in [2.45, 2.75) is 33.6 Å². The summed E-state index contributed by atoms with van der Waals surface area (Å²) in [7, 11) is 0. The van der Waals surface area contributed by atoms with E-state index in [9.17, 15) is 4.79 Å². The van der Waals surface area contributed by atoms with Crippen molar-refractivity contribution in [2.24, 2.45) is 0 Å². The van der Waals surface area contributed by atoms with Gasteiger partial charge < -0.3 is 9.80 Å². The highest BCUT2D eigenvalue weighted by Crippen LogP contribution is 2.31. The molecule has 178 valence electrons. The topological polar surface area (TPSA) is 49.3 Å². The van der Waals surface area contributed by atoms with Crippen LogP contribution in [0.5, 0.6) is 0 Å². The number of carbonyl (C=O) groups is 1. The van der Waals surface area contributed by atoms with Crippen LogP contribution in [0.15, 0.2) is 66.7 Å². The molecule has 5 rings (SSSR count). The lowest BCUT2D eigenvalue weighted by molar-refractivity contribution is 0.0746. The van der Waals surface area contributed by atoms with Gasteiger partial charge in [-0.05, 0) is 42.7 Å². The molecule has 5 nitrogen and oxygen atoms in total. The molecule has 0 atom stereocenters. The Morgan fingerprint density at radius 3 is 2.20 bits per heavy atom. The summed E-state index contributed by atoms with van der Waals surface area (Å²) in [6, 6.07) is 22.5. The fourth-order valence-electron chi connectivity index (χ4n) is 4.94. The molecular formula is C30H32N4O. The Bertz CT molecular complexity index is 1370. The van der Waals surface area contributed by atoms with Crippen LogP contribution in [0.3, 0.4) is 0 Å². The van der Waals surface area contributed by atoms with Crippen molar-refractivity contribution in [2.75, 3.05) is 31.1 Å². The number of amides is 1. The molecule has 0 radical (unpaired) electrons. The summed E-state index contributed by atoms with van der Waals surface area (Å²) in [6.45, 7) is 11.4. The molecule has 1 fully saturated rings. The summed E-state index contributed by atoms with van der Waals surface area (Å²) >= 11 is 0. The highest BCUT2D eigenvalue weighted by Gasteiger charge is 2.26. The van der Waals surface area contributed by atoms with Crippen LogP contribution in [-0.4, -0.2) is 47.0 Å². The molecule has 0 aliphatic carbocycles. The molecule has 0 unspecified atom stereocenters. The summed E-state index contributed by atoms with van der Waals surface area (Å²) in [6.07, 6.45) is 0. The molecule has 4 aromatic rings. The minimum atomic E-state index is 0.0960. The number of anilines is 1. The largest absolute Gasteiger partial charge is 0.353 e. The van der Waals surface area contributed by atoms with E-state index >= 15 is 0 Å². The van der Waals surface area contributed by atoms with Gasteiger partial charge in [0.1, 0.15) is 5.82 Å². The Morgan fingerprint density at radius 2 is 1.51 bits per heavy atom. The van der Waals surface area contributed by atoms with Crippen molar-refractivity contribution in [3.63, 3.8) is 0 Å². The predicted molar refractivity (Wildman–Crippen MR) is 143 cm³/mol. The number of carbonyl (C=O) groups excluding carboxylic acids is 1. The Kier molecular flexibility index (Phi) is 6.25. The molecule has 0 N–H and O–H groups in total. The van der Waals surface area contributed by atoms with E-state index in [1.54, 1.807) is 0 Å². The van der Waals surface area contributed by atoms with Crippen LogP contribution in [0.25, 0.3) is 22.2 Å². The normalized spacial score (nSPS) is 14.1. The van der Waals surface area contributed by atoms with Crippen LogP contribution in [0.4, 0.5) is 5.82 Å². The Morgan fingerprint density at radius 1 is 0.829 bits per heavy atom. The maximum atomic E-state index is 13.3. The number of rotatable bonds is 4. The maximum absolute atomic E-state index is 13.3. The van der Waals surface area contributed by atoms with E-state index in [0.717, 1.165) is 52.3 Å². The molecule has 35 heavy (non-hydrogen) atoms. The molecule has 2 heterocycles. The van der Waals surface area contributed by atoms with Gasteiger partial charge in [-0.3, -0.25) is 4.79 Å². The van der Waals surface area contributed by atoms with Gasteiger partial charge in [-0.25, -0.2) is 9.97 Å². The van der Waals surface area contributed by atoms with Crippen LogP contribution in [-0.2, 0) is 0 Å². The second kappa shape index (κ2) is 9.49. The van der Waals surface area contributed by atoms with E-state index in [2.05, 4.69) is 69.0 Å². The highest BCUT2D eigenvalue weighted by molar-refractivity contribution is 5.98. The molecular weight excluding hydrogens is 432 g/mol. The highest BCUT2D eigenvalue weighted by atomic mass is 16.2. The Balaban J connectivity index is 1.38. The standard InChI is InChI=1S/C30H32N4O/c1-20(2)27-22(4)31-28(24-11-9-21(3)10-12-24)32-29(27)33-15-17-34(18-16-33)30(35)26-14-13-23-7-5-6-8-25(23)19-26/h5-14,19-20H,15-18H2,1-4H3. The lowest BCUT2D eigenvalue weighted by Gasteiger charge is -2.37. The fraction of sp³-hybridized carbons (Fsp3) is 0.300. The average molecular weight is 465 g/mol. The first kappa shape index (κ1) is 23.0. The molecule has 3 aromatic carbocycles. The number of benzene rings is 3. The lowest BCUT2D eigenvalue weighted by atomic mass is 10.0. The number of aromatic nitrogens is 2. The summed E-state index contributed by atoms with van der Waals surface area (Å²) in [4.78, 5) is 27.5. The zero-order valence-corrected chi connectivity index (χ0v) is 21.0.